The molecule has 5 nitrogen and oxygen atoms in total. The molecule has 1 aromatic heterocycles. The van der Waals surface area contributed by atoms with Gasteiger partial charge in [0.1, 0.15) is 5.51 Å². The van der Waals surface area contributed by atoms with Crippen LogP contribution in [-0.2, 0) is 17.8 Å². The zero-order chi connectivity index (χ0) is 15.4. The number of carbonyl (C=O) groups is 1. The molecule has 0 unspecified atom stereocenters. The molecule has 1 heterocycles. The van der Waals surface area contributed by atoms with Crippen molar-refractivity contribution < 1.29 is 4.79 Å². The lowest BCUT2D eigenvalue weighted by atomic mass is 10.1. The molecular formula is C16H20N4OS. The van der Waals surface area contributed by atoms with Crippen LogP contribution in [-0.4, -0.2) is 33.6 Å². The van der Waals surface area contributed by atoms with E-state index in [4.69, 9.17) is 0 Å². The predicted octanol–water partition coefficient (Wildman–Crippen LogP) is 2.70. The molecule has 6 heteroatoms. The standard InChI is InChI=1S/C16H20N4OS/c1-2-12-3-5-13(6-4-12)9-20(14-7-8-14)10-15(21)18-16-19-17-11-22-16/h3-6,11,14H,2,7-10H2,1H3,(H,18,19,21). The molecule has 1 amide bonds. The number of nitrogens with zero attached hydrogens (tertiary/aromatic N) is 3. The van der Waals surface area contributed by atoms with E-state index in [-0.39, 0.29) is 5.91 Å². The van der Waals surface area contributed by atoms with Crippen molar-refractivity contribution in [1.29, 1.82) is 0 Å². The number of benzene rings is 1. The van der Waals surface area contributed by atoms with Gasteiger partial charge in [-0.05, 0) is 30.4 Å². The van der Waals surface area contributed by atoms with E-state index in [1.54, 1.807) is 5.51 Å². The number of rotatable bonds is 7. The van der Waals surface area contributed by atoms with Crippen LogP contribution in [0.4, 0.5) is 5.13 Å². The number of aryl methyl sites for hydroxylation is 1. The summed E-state index contributed by atoms with van der Waals surface area (Å²) >= 11 is 1.34. The molecule has 116 valence electrons. The Morgan fingerprint density at radius 1 is 1.32 bits per heavy atom. The Balaban J connectivity index is 1.58. The third-order valence-corrected chi connectivity index (χ3v) is 4.44. The third kappa shape index (κ3) is 4.11. The second-order valence-electron chi connectivity index (χ2n) is 5.60. The zero-order valence-corrected chi connectivity index (χ0v) is 13.5. The fraction of sp³-hybridized carbons (Fsp3) is 0.438. The van der Waals surface area contributed by atoms with Crippen molar-refractivity contribution in [2.24, 2.45) is 0 Å². The van der Waals surface area contributed by atoms with E-state index in [9.17, 15) is 4.79 Å². The maximum atomic E-state index is 12.1. The van der Waals surface area contributed by atoms with Crippen molar-refractivity contribution in [2.45, 2.75) is 38.8 Å². The molecule has 1 aromatic carbocycles. The molecule has 1 saturated carbocycles. The van der Waals surface area contributed by atoms with Crippen LogP contribution in [0.2, 0.25) is 0 Å². The van der Waals surface area contributed by atoms with Crippen molar-refractivity contribution in [1.82, 2.24) is 15.1 Å². The third-order valence-electron chi connectivity index (χ3n) is 3.83. The van der Waals surface area contributed by atoms with E-state index in [1.165, 1.54) is 35.3 Å². The number of hydrogen-bond acceptors (Lipinski definition) is 5. The summed E-state index contributed by atoms with van der Waals surface area (Å²) in [6.07, 6.45) is 3.41. The van der Waals surface area contributed by atoms with Gasteiger partial charge in [-0.2, -0.15) is 0 Å². The second kappa shape index (κ2) is 6.98. The van der Waals surface area contributed by atoms with Crippen molar-refractivity contribution in [3.63, 3.8) is 0 Å². The van der Waals surface area contributed by atoms with E-state index in [0.717, 1.165) is 13.0 Å². The molecule has 1 aliphatic rings. The van der Waals surface area contributed by atoms with Crippen LogP contribution in [0.25, 0.3) is 0 Å². The largest absolute Gasteiger partial charge is 0.299 e. The van der Waals surface area contributed by atoms with Gasteiger partial charge in [-0.25, -0.2) is 0 Å². The molecule has 1 fully saturated rings. The Morgan fingerprint density at radius 3 is 2.64 bits per heavy atom. The summed E-state index contributed by atoms with van der Waals surface area (Å²) in [6, 6.07) is 9.20. The Morgan fingerprint density at radius 2 is 2.05 bits per heavy atom. The quantitative estimate of drug-likeness (QED) is 0.853. The van der Waals surface area contributed by atoms with Crippen LogP contribution in [0.3, 0.4) is 0 Å². The minimum absolute atomic E-state index is 0.0196. The van der Waals surface area contributed by atoms with Crippen LogP contribution in [0, 0.1) is 0 Å². The van der Waals surface area contributed by atoms with Crippen LogP contribution in [0.1, 0.15) is 30.9 Å². The number of carbonyl (C=O) groups excluding carboxylic acids is 1. The number of nitrogens with one attached hydrogen (secondary N) is 1. The van der Waals surface area contributed by atoms with Gasteiger partial charge in [0, 0.05) is 12.6 Å². The first-order chi connectivity index (χ1) is 10.7. The monoisotopic (exact) mass is 316 g/mol. The van der Waals surface area contributed by atoms with E-state index in [2.05, 4.69) is 51.6 Å². The number of aromatic nitrogens is 2. The fourth-order valence-corrected chi connectivity index (χ4v) is 2.90. The van der Waals surface area contributed by atoms with Crippen LogP contribution >= 0.6 is 11.3 Å². The summed E-state index contributed by atoms with van der Waals surface area (Å²) in [5, 5.41) is 10.9. The van der Waals surface area contributed by atoms with E-state index >= 15 is 0 Å². The van der Waals surface area contributed by atoms with Crippen molar-refractivity contribution >= 4 is 22.4 Å². The predicted molar refractivity (Wildman–Crippen MR) is 87.8 cm³/mol. The molecule has 22 heavy (non-hydrogen) atoms. The van der Waals surface area contributed by atoms with Crippen molar-refractivity contribution in [3.05, 3.63) is 40.9 Å². The zero-order valence-electron chi connectivity index (χ0n) is 12.7. The summed E-state index contributed by atoms with van der Waals surface area (Å²) in [5.74, 6) is -0.0196. The van der Waals surface area contributed by atoms with Crippen LogP contribution in [0.5, 0.6) is 0 Å². The van der Waals surface area contributed by atoms with E-state index in [0.29, 0.717) is 17.7 Å². The number of hydrogen-bond donors (Lipinski definition) is 1. The Kier molecular flexibility index (Phi) is 4.80. The normalized spacial score (nSPS) is 14.3. The summed E-state index contributed by atoms with van der Waals surface area (Å²) in [7, 11) is 0. The van der Waals surface area contributed by atoms with Crippen molar-refractivity contribution in [2.75, 3.05) is 11.9 Å². The summed E-state index contributed by atoms with van der Waals surface area (Å²) in [6.45, 7) is 3.38. The Labute approximate surface area is 134 Å². The molecule has 3 rings (SSSR count). The van der Waals surface area contributed by atoms with Gasteiger partial charge in [0.05, 0.1) is 6.54 Å². The van der Waals surface area contributed by atoms with Gasteiger partial charge < -0.3 is 0 Å². The minimum atomic E-state index is -0.0196. The topological polar surface area (TPSA) is 58.1 Å². The van der Waals surface area contributed by atoms with E-state index in [1.807, 2.05) is 0 Å². The second-order valence-corrected chi connectivity index (χ2v) is 6.43. The maximum absolute atomic E-state index is 12.1. The molecule has 1 N–H and O–H groups in total. The van der Waals surface area contributed by atoms with Gasteiger partial charge >= 0.3 is 0 Å². The van der Waals surface area contributed by atoms with Gasteiger partial charge in [0.25, 0.3) is 0 Å². The highest BCUT2D eigenvalue weighted by molar-refractivity contribution is 7.13. The summed E-state index contributed by atoms with van der Waals surface area (Å²) in [4.78, 5) is 14.4. The SMILES string of the molecule is CCc1ccc(CN(CC(=O)Nc2nncs2)C2CC2)cc1. The number of anilines is 1. The Hall–Kier alpha value is -1.79. The molecule has 0 spiro atoms. The highest BCUT2D eigenvalue weighted by atomic mass is 32.1. The van der Waals surface area contributed by atoms with Gasteiger partial charge in [-0.3, -0.25) is 15.0 Å². The molecule has 0 bridgehead atoms. The molecular weight excluding hydrogens is 296 g/mol. The van der Waals surface area contributed by atoms with Gasteiger partial charge in [0.2, 0.25) is 11.0 Å². The maximum Gasteiger partial charge on any atom is 0.240 e. The lowest BCUT2D eigenvalue weighted by molar-refractivity contribution is -0.117. The van der Waals surface area contributed by atoms with Crippen LogP contribution in [0.15, 0.2) is 29.8 Å². The number of amides is 1. The molecule has 0 radical (unpaired) electrons. The van der Waals surface area contributed by atoms with Crippen LogP contribution < -0.4 is 5.32 Å². The minimum Gasteiger partial charge on any atom is -0.299 e. The lowest BCUT2D eigenvalue weighted by Gasteiger charge is -2.21. The van der Waals surface area contributed by atoms with Gasteiger partial charge in [-0.15, -0.1) is 10.2 Å². The van der Waals surface area contributed by atoms with Crippen molar-refractivity contribution in [3.8, 4) is 0 Å². The first kappa shape index (κ1) is 15.1. The highest BCUT2D eigenvalue weighted by Gasteiger charge is 2.30. The summed E-state index contributed by atoms with van der Waals surface area (Å²) in [5.41, 5.74) is 4.22. The van der Waals surface area contributed by atoms with Gasteiger partial charge in [-0.1, -0.05) is 42.5 Å². The van der Waals surface area contributed by atoms with E-state index < -0.39 is 0 Å². The first-order valence-corrected chi connectivity index (χ1v) is 8.50. The summed E-state index contributed by atoms with van der Waals surface area (Å²) < 4.78 is 0. The molecule has 0 atom stereocenters. The first-order valence-electron chi connectivity index (χ1n) is 7.62. The molecule has 2 aromatic rings. The van der Waals surface area contributed by atoms with Gasteiger partial charge in [0.15, 0.2) is 0 Å². The lowest BCUT2D eigenvalue weighted by Crippen LogP contribution is -2.34. The average Bonchev–Trinajstić information content (AvgIpc) is 3.26. The highest BCUT2D eigenvalue weighted by Crippen LogP contribution is 2.28. The smallest absolute Gasteiger partial charge is 0.240 e. The molecule has 0 saturated heterocycles. The average molecular weight is 316 g/mol. The Bertz CT molecular complexity index is 608. The molecule has 0 aliphatic heterocycles. The fourth-order valence-electron chi connectivity index (χ4n) is 2.44. The molecule has 1 aliphatic carbocycles.